The minimum atomic E-state index is -0.596. The molecule has 1 aliphatic rings. The van der Waals surface area contributed by atoms with E-state index >= 15 is 0 Å². The number of aryl methyl sites for hydroxylation is 1. The molecule has 4 N–H and O–H groups in total. The van der Waals surface area contributed by atoms with Crippen molar-refractivity contribution in [1.29, 1.82) is 0 Å². The highest BCUT2D eigenvalue weighted by atomic mass is 19.1. The van der Waals surface area contributed by atoms with Crippen LogP contribution >= 0.6 is 0 Å². The summed E-state index contributed by atoms with van der Waals surface area (Å²) in [6.45, 7) is 1.88. The van der Waals surface area contributed by atoms with E-state index in [9.17, 15) is 19.1 Å². The number of carbonyl (C=O) groups is 2. The van der Waals surface area contributed by atoms with E-state index in [1.165, 1.54) is 24.4 Å². The lowest BCUT2D eigenvalue weighted by Gasteiger charge is -2.16. The number of aliphatic hydroxyl groups is 1. The molecule has 1 saturated carbocycles. The second-order valence-electron chi connectivity index (χ2n) is 6.76. The Hall–Kier alpha value is -2.80. The van der Waals surface area contributed by atoms with Crippen LogP contribution in [0.2, 0.25) is 0 Å². The third-order valence-corrected chi connectivity index (χ3v) is 4.99. The average Bonchev–Trinajstić information content (AvgIpc) is 3.35. The lowest BCUT2D eigenvalue weighted by Crippen LogP contribution is -2.33. The van der Waals surface area contributed by atoms with Gasteiger partial charge in [0.25, 0.3) is 11.8 Å². The summed E-state index contributed by atoms with van der Waals surface area (Å²) in [5.74, 6) is -1.22. The van der Waals surface area contributed by atoms with Crippen LogP contribution < -0.4 is 11.1 Å². The number of halogens is 1. The predicted octanol–water partition coefficient (Wildman–Crippen LogP) is 1.52. The molecule has 1 heterocycles. The van der Waals surface area contributed by atoms with Gasteiger partial charge in [0, 0.05) is 18.2 Å². The van der Waals surface area contributed by atoms with Crippen LogP contribution in [-0.4, -0.2) is 35.1 Å². The molecule has 1 aromatic heterocycles. The van der Waals surface area contributed by atoms with E-state index in [1.54, 1.807) is 19.1 Å². The molecule has 3 rings (SSSR count). The van der Waals surface area contributed by atoms with Gasteiger partial charge in [-0.3, -0.25) is 14.6 Å². The molecule has 7 heteroatoms. The number of nitrogens with one attached hydrogen (secondary N) is 1. The van der Waals surface area contributed by atoms with Crippen LogP contribution in [0.3, 0.4) is 0 Å². The molecule has 0 spiro atoms. The first-order valence-electron chi connectivity index (χ1n) is 8.27. The van der Waals surface area contributed by atoms with Crippen molar-refractivity contribution in [3.05, 3.63) is 64.7 Å². The molecule has 2 aromatic rings. The minimum absolute atomic E-state index is 0.0698. The van der Waals surface area contributed by atoms with Crippen LogP contribution in [0.25, 0.3) is 0 Å². The van der Waals surface area contributed by atoms with Gasteiger partial charge in [-0.1, -0.05) is 12.1 Å². The third-order valence-electron chi connectivity index (χ3n) is 4.99. The Balaban J connectivity index is 1.66. The first-order chi connectivity index (χ1) is 12.4. The molecule has 2 amide bonds. The van der Waals surface area contributed by atoms with Crippen molar-refractivity contribution in [2.24, 2.45) is 11.1 Å². The van der Waals surface area contributed by atoms with Gasteiger partial charge < -0.3 is 16.2 Å². The van der Waals surface area contributed by atoms with Crippen molar-refractivity contribution < 1.29 is 19.1 Å². The molecule has 2 atom stereocenters. The van der Waals surface area contributed by atoms with Gasteiger partial charge in [0.15, 0.2) is 0 Å². The van der Waals surface area contributed by atoms with E-state index in [0.29, 0.717) is 12.0 Å². The summed E-state index contributed by atoms with van der Waals surface area (Å²) in [5, 5.41) is 12.6. The summed E-state index contributed by atoms with van der Waals surface area (Å²) in [4.78, 5) is 27.5. The Labute approximate surface area is 150 Å². The van der Waals surface area contributed by atoms with Crippen LogP contribution in [0.5, 0.6) is 0 Å². The second kappa shape index (κ2) is 6.84. The molecule has 0 saturated heterocycles. The standard InChI is InChI=1S/C19H20FN3O3/c1-11-6-16(22-8-14(11)17(21)25)18(26)23-9-19(10-24)7-15(19)12-2-4-13(20)5-3-12/h2-6,8,15,24H,7,9-10H2,1H3,(H2,21,25)(H,23,26). The monoisotopic (exact) mass is 357 g/mol. The third kappa shape index (κ3) is 3.43. The number of nitrogens with two attached hydrogens (primary N) is 1. The summed E-state index contributed by atoms with van der Waals surface area (Å²) in [7, 11) is 0. The van der Waals surface area contributed by atoms with E-state index in [2.05, 4.69) is 10.3 Å². The fourth-order valence-corrected chi connectivity index (χ4v) is 3.23. The van der Waals surface area contributed by atoms with Crippen LogP contribution in [0, 0.1) is 18.2 Å². The lowest BCUT2D eigenvalue weighted by molar-refractivity contribution is 0.0926. The van der Waals surface area contributed by atoms with Crippen LogP contribution in [-0.2, 0) is 0 Å². The normalized spacial score (nSPS) is 21.3. The van der Waals surface area contributed by atoms with Crippen molar-refractivity contribution in [2.45, 2.75) is 19.3 Å². The van der Waals surface area contributed by atoms with Gasteiger partial charge in [-0.05, 0) is 48.6 Å². The van der Waals surface area contributed by atoms with Gasteiger partial charge in [-0.15, -0.1) is 0 Å². The summed E-state index contributed by atoms with van der Waals surface area (Å²) in [5.41, 5.74) is 6.75. The zero-order chi connectivity index (χ0) is 18.9. The van der Waals surface area contributed by atoms with E-state index in [0.717, 1.165) is 5.56 Å². The molecular weight excluding hydrogens is 337 g/mol. The molecule has 6 nitrogen and oxygen atoms in total. The number of primary amides is 1. The fourth-order valence-electron chi connectivity index (χ4n) is 3.23. The molecule has 2 unspecified atom stereocenters. The van der Waals surface area contributed by atoms with E-state index in [4.69, 9.17) is 5.73 Å². The summed E-state index contributed by atoms with van der Waals surface area (Å²) in [6.07, 6.45) is 2.00. The smallest absolute Gasteiger partial charge is 0.269 e. The molecule has 0 aliphatic heterocycles. The maximum Gasteiger partial charge on any atom is 0.269 e. The van der Waals surface area contributed by atoms with Gasteiger partial charge in [0.05, 0.1) is 12.2 Å². The first-order valence-corrected chi connectivity index (χ1v) is 8.27. The SMILES string of the molecule is Cc1cc(C(=O)NCC2(CO)CC2c2ccc(F)cc2)ncc1C(N)=O. The Bertz CT molecular complexity index is 854. The van der Waals surface area contributed by atoms with Gasteiger partial charge >= 0.3 is 0 Å². The Morgan fingerprint density at radius 1 is 1.38 bits per heavy atom. The predicted molar refractivity (Wildman–Crippen MR) is 93.1 cm³/mol. The number of rotatable bonds is 6. The Kier molecular flexibility index (Phi) is 4.73. The summed E-state index contributed by atoms with van der Waals surface area (Å²) in [6, 6.07) is 7.69. The van der Waals surface area contributed by atoms with Gasteiger partial charge in [-0.25, -0.2) is 4.39 Å². The average molecular weight is 357 g/mol. The number of carbonyl (C=O) groups excluding carboxylic acids is 2. The minimum Gasteiger partial charge on any atom is -0.396 e. The molecule has 0 radical (unpaired) electrons. The Morgan fingerprint density at radius 3 is 2.65 bits per heavy atom. The number of benzene rings is 1. The number of hydrogen-bond acceptors (Lipinski definition) is 4. The summed E-state index contributed by atoms with van der Waals surface area (Å²) >= 11 is 0. The summed E-state index contributed by atoms with van der Waals surface area (Å²) < 4.78 is 13.1. The molecule has 1 aromatic carbocycles. The van der Waals surface area contributed by atoms with Crippen LogP contribution in [0.4, 0.5) is 4.39 Å². The highest BCUT2D eigenvalue weighted by Gasteiger charge is 2.54. The molecule has 1 fully saturated rings. The number of amides is 2. The molecule has 1 aliphatic carbocycles. The maximum absolute atomic E-state index is 13.1. The molecule has 26 heavy (non-hydrogen) atoms. The highest BCUT2D eigenvalue weighted by Crippen LogP contribution is 2.58. The van der Waals surface area contributed by atoms with Gasteiger partial charge in [-0.2, -0.15) is 0 Å². The Morgan fingerprint density at radius 2 is 2.08 bits per heavy atom. The highest BCUT2D eigenvalue weighted by molar-refractivity contribution is 5.96. The molecular formula is C19H20FN3O3. The fraction of sp³-hybridized carbons (Fsp3) is 0.316. The van der Waals surface area contributed by atoms with Crippen molar-refractivity contribution in [2.75, 3.05) is 13.2 Å². The lowest BCUT2D eigenvalue weighted by atomic mass is 9.99. The van der Waals surface area contributed by atoms with E-state index < -0.39 is 11.3 Å². The topological polar surface area (TPSA) is 105 Å². The largest absolute Gasteiger partial charge is 0.396 e. The van der Waals surface area contributed by atoms with Crippen molar-refractivity contribution >= 4 is 11.8 Å². The zero-order valence-electron chi connectivity index (χ0n) is 14.3. The van der Waals surface area contributed by atoms with Crippen LogP contribution in [0.15, 0.2) is 36.5 Å². The number of hydrogen-bond donors (Lipinski definition) is 3. The van der Waals surface area contributed by atoms with Crippen molar-refractivity contribution in [1.82, 2.24) is 10.3 Å². The number of nitrogens with zero attached hydrogens (tertiary/aromatic N) is 1. The van der Waals surface area contributed by atoms with Gasteiger partial charge in [0.1, 0.15) is 11.5 Å². The van der Waals surface area contributed by atoms with Crippen molar-refractivity contribution in [3.63, 3.8) is 0 Å². The van der Waals surface area contributed by atoms with Gasteiger partial charge in [0.2, 0.25) is 0 Å². The number of pyridine rings is 1. The van der Waals surface area contributed by atoms with E-state index in [1.807, 2.05) is 0 Å². The zero-order valence-corrected chi connectivity index (χ0v) is 14.3. The number of aliphatic hydroxyl groups excluding tert-OH is 1. The first kappa shape index (κ1) is 18.0. The molecule has 136 valence electrons. The van der Waals surface area contributed by atoms with Crippen LogP contribution in [0.1, 0.15) is 44.3 Å². The molecule has 0 bridgehead atoms. The second-order valence-corrected chi connectivity index (χ2v) is 6.76. The quantitative estimate of drug-likeness (QED) is 0.729. The van der Waals surface area contributed by atoms with Crippen molar-refractivity contribution in [3.8, 4) is 0 Å². The van der Waals surface area contributed by atoms with E-state index in [-0.39, 0.29) is 42.1 Å². The number of aromatic nitrogens is 1. The maximum atomic E-state index is 13.1.